The van der Waals surface area contributed by atoms with Crippen LogP contribution in [0.1, 0.15) is 21.1 Å². The standard InChI is InChI=1S/C12H6BrCl2NO4/c13-5-1-2-6(10(15)9(5)14)16-11(17)7-3-4-8(20-7)12(18)19/h1-4H,(H,16,17)(H,18,19). The number of hydrogen-bond donors (Lipinski definition) is 2. The van der Waals surface area contributed by atoms with Gasteiger partial charge in [0.05, 0.1) is 15.7 Å². The predicted molar refractivity (Wildman–Crippen MR) is 77.8 cm³/mol. The molecule has 0 spiro atoms. The SMILES string of the molecule is O=C(O)c1ccc(C(=O)Nc2ccc(Br)c(Cl)c2Cl)o1. The lowest BCUT2D eigenvalue weighted by Gasteiger charge is -2.08. The molecule has 0 unspecified atom stereocenters. The Labute approximate surface area is 131 Å². The van der Waals surface area contributed by atoms with Crippen LogP contribution in [0.2, 0.25) is 10.0 Å². The van der Waals surface area contributed by atoms with Gasteiger partial charge in [-0.2, -0.15) is 0 Å². The lowest BCUT2D eigenvalue weighted by Crippen LogP contribution is -2.11. The van der Waals surface area contributed by atoms with Crippen molar-refractivity contribution in [2.45, 2.75) is 0 Å². The van der Waals surface area contributed by atoms with Gasteiger partial charge in [0.15, 0.2) is 5.76 Å². The fraction of sp³-hybridized carbons (Fsp3) is 0. The van der Waals surface area contributed by atoms with E-state index in [1.165, 1.54) is 12.1 Å². The molecule has 20 heavy (non-hydrogen) atoms. The van der Waals surface area contributed by atoms with E-state index in [-0.39, 0.29) is 27.3 Å². The van der Waals surface area contributed by atoms with Crippen LogP contribution in [0.3, 0.4) is 0 Å². The normalized spacial score (nSPS) is 10.3. The van der Waals surface area contributed by atoms with E-state index < -0.39 is 11.9 Å². The summed E-state index contributed by atoms with van der Waals surface area (Å²) in [5.41, 5.74) is 0.290. The predicted octanol–water partition coefficient (Wildman–Crippen LogP) is 4.30. The number of carbonyl (C=O) groups is 2. The monoisotopic (exact) mass is 377 g/mol. The minimum Gasteiger partial charge on any atom is -0.475 e. The van der Waals surface area contributed by atoms with Crippen molar-refractivity contribution in [2.75, 3.05) is 5.32 Å². The summed E-state index contributed by atoms with van der Waals surface area (Å²) in [7, 11) is 0. The van der Waals surface area contributed by atoms with Gasteiger partial charge < -0.3 is 14.8 Å². The lowest BCUT2D eigenvalue weighted by molar-refractivity contribution is 0.0660. The number of rotatable bonds is 3. The van der Waals surface area contributed by atoms with Crippen molar-refractivity contribution >= 4 is 56.7 Å². The van der Waals surface area contributed by atoms with Gasteiger partial charge in [0.2, 0.25) is 5.76 Å². The van der Waals surface area contributed by atoms with Crippen LogP contribution in [0.15, 0.2) is 33.2 Å². The average molecular weight is 379 g/mol. The molecule has 0 aliphatic heterocycles. The molecule has 1 heterocycles. The van der Waals surface area contributed by atoms with Crippen LogP contribution in [0.5, 0.6) is 0 Å². The first-order valence-electron chi connectivity index (χ1n) is 5.18. The minimum atomic E-state index is -1.26. The molecular weight excluding hydrogens is 373 g/mol. The Morgan fingerprint density at radius 2 is 1.75 bits per heavy atom. The number of halogens is 3. The summed E-state index contributed by atoms with van der Waals surface area (Å²) in [5.74, 6) is -2.35. The van der Waals surface area contributed by atoms with Crippen molar-refractivity contribution in [3.63, 3.8) is 0 Å². The van der Waals surface area contributed by atoms with E-state index >= 15 is 0 Å². The fourth-order valence-electron chi connectivity index (χ4n) is 1.38. The number of benzene rings is 1. The molecule has 0 aliphatic carbocycles. The Morgan fingerprint density at radius 1 is 1.10 bits per heavy atom. The summed E-state index contributed by atoms with van der Waals surface area (Å²) in [5, 5.41) is 11.6. The van der Waals surface area contributed by atoms with Gasteiger partial charge in [0, 0.05) is 4.47 Å². The van der Waals surface area contributed by atoms with Crippen LogP contribution >= 0.6 is 39.1 Å². The zero-order valence-corrected chi connectivity index (χ0v) is 12.7. The number of hydrogen-bond acceptors (Lipinski definition) is 3. The molecule has 8 heteroatoms. The van der Waals surface area contributed by atoms with Crippen molar-refractivity contribution < 1.29 is 19.1 Å². The second-order valence-corrected chi connectivity index (χ2v) is 5.26. The topological polar surface area (TPSA) is 79.5 Å². The highest BCUT2D eigenvalue weighted by Crippen LogP contribution is 2.36. The van der Waals surface area contributed by atoms with Crippen molar-refractivity contribution in [3.8, 4) is 0 Å². The molecule has 0 saturated carbocycles. The van der Waals surface area contributed by atoms with Crippen LogP contribution in [0.4, 0.5) is 5.69 Å². The maximum absolute atomic E-state index is 11.9. The smallest absolute Gasteiger partial charge is 0.371 e. The van der Waals surface area contributed by atoms with Gasteiger partial charge in [0.1, 0.15) is 0 Å². The largest absolute Gasteiger partial charge is 0.475 e. The molecule has 0 bridgehead atoms. The van der Waals surface area contributed by atoms with E-state index in [1.54, 1.807) is 12.1 Å². The van der Waals surface area contributed by atoms with Gasteiger partial charge in [-0.25, -0.2) is 4.79 Å². The Bertz CT molecular complexity index is 699. The summed E-state index contributed by atoms with van der Waals surface area (Å²) >= 11 is 15.1. The third-order valence-electron chi connectivity index (χ3n) is 2.32. The molecule has 2 aromatic rings. The van der Waals surface area contributed by atoms with Crippen molar-refractivity contribution in [3.05, 3.63) is 50.3 Å². The molecule has 0 saturated heterocycles. The second kappa shape index (κ2) is 5.87. The van der Waals surface area contributed by atoms with Gasteiger partial charge in [-0.3, -0.25) is 4.79 Å². The van der Waals surface area contributed by atoms with Crippen molar-refractivity contribution in [1.29, 1.82) is 0 Å². The number of aromatic carboxylic acids is 1. The zero-order chi connectivity index (χ0) is 14.9. The van der Waals surface area contributed by atoms with Gasteiger partial charge >= 0.3 is 5.97 Å². The summed E-state index contributed by atoms with van der Waals surface area (Å²) in [6, 6.07) is 5.62. The number of carboxylic acid groups (broad SMARTS) is 1. The molecule has 0 atom stereocenters. The number of anilines is 1. The van der Waals surface area contributed by atoms with Gasteiger partial charge in [0.25, 0.3) is 5.91 Å². The molecule has 2 rings (SSSR count). The average Bonchev–Trinajstić information content (AvgIpc) is 2.89. The van der Waals surface area contributed by atoms with Crippen molar-refractivity contribution in [1.82, 2.24) is 0 Å². The maximum Gasteiger partial charge on any atom is 0.371 e. The Morgan fingerprint density at radius 3 is 2.35 bits per heavy atom. The van der Waals surface area contributed by atoms with Crippen LogP contribution < -0.4 is 5.32 Å². The summed E-state index contributed by atoms with van der Waals surface area (Å²) in [6.45, 7) is 0. The maximum atomic E-state index is 11.9. The molecule has 2 N–H and O–H groups in total. The molecule has 0 radical (unpaired) electrons. The molecular formula is C12H6BrCl2NO4. The first kappa shape index (κ1) is 14.9. The van der Waals surface area contributed by atoms with Crippen LogP contribution in [-0.2, 0) is 0 Å². The number of amides is 1. The second-order valence-electron chi connectivity index (χ2n) is 3.65. The fourth-order valence-corrected chi connectivity index (χ4v) is 2.20. The van der Waals surface area contributed by atoms with Crippen LogP contribution in [-0.4, -0.2) is 17.0 Å². The van der Waals surface area contributed by atoms with E-state index in [2.05, 4.69) is 21.2 Å². The molecule has 5 nitrogen and oxygen atoms in total. The zero-order valence-electron chi connectivity index (χ0n) is 9.62. The first-order valence-corrected chi connectivity index (χ1v) is 6.73. The Balaban J connectivity index is 2.23. The Kier molecular flexibility index (Phi) is 4.37. The van der Waals surface area contributed by atoms with E-state index in [4.69, 9.17) is 32.7 Å². The molecule has 1 aromatic heterocycles. The summed E-state index contributed by atoms with van der Waals surface area (Å²) < 4.78 is 5.47. The molecule has 104 valence electrons. The number of carbonyl (C=O) groups excluding carboxylic acids is 1. The summed E-state index contributed by atoms with van der Waals surface area (Å²) in [4.78, 5) is 22.5. The van der Waals surface area contributed by atoms with Gasteiger partial charge in [-0.15, -0.1) is 0 Å². The van der Waals surface area contributed by atoms with Crippen LogP contribution in [0.25, 0.3) is 0 Å². The highest BCUT2D eigenvalue weighted by atomic mass is 79.9. The molecule has 0 fully saturated rings. The van der Waals surface area contributed by atoms with Crippen molar-refractivity contribution in [2.24, 2.45) is 0 Å². The van der Waals surface area contributed by atoms with E-state index in [1.807, 2.05) is 0 Å². The van der Waals surface area contributed by atoms with E-state index in [0.29, 0.717) is 4.47 Å². The highest BCUT2D eigenvalue weighted by molar-refractivity contribution is 9.10. The Hall–Kier alpha value is -1.50. The first-order chi connectivity index (χ1) is 9.40. The lowest BCUT2D eigenvalue weighted by atomic mass is 10.3. The van der Waals surface area contributed by atoms with Gasteiger partial charge in [-0.05, 0) is 40.2 Å². The molecule has 0 aliphatic rings. The molecule has 1 amide bonds. The number of furan rings is 1. The number of nitrogens with one attached hydrogen (secondary N) is 1. The molecule has 1 aromatic carbocycles. The minimum absolute atomic E-state index is 0.141. The third kappa shape index (κ3) is 2.98. The van der Waals surface area contributed by atoms with E-state index in [9.17, 15) is 9.59 Å². The number of carboxylic acids is 1. The van der Waals surface area contributed by atoms with E-state index in [0.717, 1.165) is 0 Å². The third-order valence-corrected chi connectivity index (χ3v) is 4.09. The summed E-state index contributed by atoms with van der Waals surface area (Å²) in [6.07, 6.45) is 0. The highest BCUT2D eigenvalue weighted by Gasteiger charge is 2.17. The van der Waals surface area contributed by atoms with Crippen LogP contribution in [0, 0.1) is 0 Å². The van der Waals surface area contributed by atoms with Gasteiger partial charge in [-0.1, -0.05) is 23.2 Å². The quantitative estimate of drug-likeness (QED) is 0.780.